The second-order valence-electron chi connectivity index (χ2n) is 5.56. The van der Waals surface area contributed by atoms with Gasteiger partial charge in [0.1, 0.15) is 5.82 Å². The number of halogens is 7. The number of rotatable bonds is 2. The molecule has 1 nitrogen and oxygen atoms in total. The number of aromatic nitrogens is 1. The second-order valence-corrected chi connectivity index (χ2v) is 5.56. The highest BCUT2D eigenvalue weighted by atomic mass is 19.4. The Morgan fingerprint density at radius 3 is 2.04 bits per heavy atom. The molecule has 1 aromatic heterocycles. The number of hydrogen-bond donors (Lipinski definition) is 0. The lowest BCUT2D eigenvalue weighted by Crippen LogP contribution is -2.11. The van der Waals surface area contributed by atoms with Crippen molar-refractivity contribution in [2.75, 3.05) is 0 Å². The van der Waals surface area contributed by atoms with Crippen molar-refractivity contribution in [1.82, 2.24) is 4.98 Å². The zero-order valence-corrected chi connectivity index (χ0v) is 12.8. The van der Waals surface area contributed by atoms with E-state index in [4.69, 9.17) is 0 Å². The summed E-state index contributed by atoms with van der Waals surface area (Å²) in [5, 5.41) is 0. The Labute approximate surface area is 133 Å². The molecular formula is C16H12F7N. The first-order valence-electron chi connectivity index (χ1n) is 6.87. The van der Waals surface area contributed by atoms with Crippen LogP contribution in [0.3, 0.4) is 0 Å². The lowest BCUT2D eigenvalue weighted by molar-refractivity contribution is -0.139. The van der Waals surface area contributed by atoms with E-state index in [1.807, 2.05) is 0 Å². The molecule has 0 N–H and O–H groups in total. The third kappa shape index (κ3) is 3.09. The number of benzene rings is 1. The Kier molecular flexibility index (Phi) is 4.61. The molecule has 2 aromatic rings. The summed E-state index contributed by atoms with van der Waals surface area (Å²) in [6.45, 7) is 4.06. The van der Waals surface area contributed by atoms with E-state index in [2.05, 4.69) is 4.98 Å². The van der Waals surface area contributed by atoms with E-state index < -0.39 is 57.9 Å². The van der Waals surface area contributed by atoms with Crippen LogP contribution in [0.4, 0.5) is 30.7 Å². The molecule has 24 heavy (non-hydrogen) atoms. The molecule has 0 aliphatic carbocycles. The van der Waals surface area contributed by atoms with Crippen LogP contribution in [0.15, 0.2) is 12.1 Å². The van der Waals surface area contributed by atoms with Gasteiger partial charge in [-0.1, -0.05) is 13.8 Å². The van der Waals surface area contributed by atoms with Gasteiger partial charge in [0, 0.05) is 0 Å². The van der Waals surface area contributed by atoms with Gasteiger partial charge in [0.05, 0.1) is 16.8 Å². The maximum atomic E-state index is 14.3. The molecule has 0 aliphatic rings. The minimum Gasteiger partial charge on any atom is -0.219 e. The SMILES string of the molecule is Cc1nc(F)c(F)c(-c2cc(C(F)(F)F)c(F)cc2C(C)C)c1F. The number of hydrogen-bond acceptors (Lipinski definition) is 1. The molecular weight excluding hydrogens is 339 g/mol. The van der Waals surface area contributed by atoms with Crippen LogP contribution in [0.5, 0.6) is 0 Å². The van der Waals surface area contributed by atoms with Crippen molar-refractivity contribution in [2.45, 2.75) is 32.9 Å². The number of nitrogens with zero attached hydrogens (tertiary/aromatic N) is 1. The fraction of sp³-hybridized carbons (Fsp3) is 0.312. The van der Waals surface area contributed by atoms with Crippen molar-refractivity contribution in [3.05, 3.63) is 52.4 Å². The van der Waals surface area contributed by atoms with Gasteiger partial charge in [-0.25, -0.2) is 18.2 Å². The lowest BCUT2D eigenvalue weighted by Gasteiger charge is -2.18. The maximum absolute atomic E-state index is 14.3. The molecule has 1 aromatic carbocycles. The zero-order valence-electron chi connectivity index (χ0n) is 12.8. The van der Waals surface area contributed by atoms with E-state index in [9.17, 15) is 30.7 Å². The van der Waals surface area contributed by atoms with Crippen LogP contribution in [-0.4, -0.2) is 4.98 Å². The van der Waals surface area contributed by atoms with Crippen molar-refractivity contribution in [3.8, 4) is 11.1 Å². The number of aryl methyl sites for hydroxylation is 1. The van der Waals surface area contributed by atoms with E-state index in [0.717, 1.165) is 6.92 Å². The molecule has 0 atom stereocenters. The van der Waals surface area contributed by atoms with Gasteiger partial charge in [0.25, 0.3) is 0 Å². The average Bonchev–Trinajstić information content (AvgIpc) is 2.45. The van der Waals surface area contributed by atoms with E-state index in [-0.39, 0.29) is 5.56 Å². The fourth-order valence-electron chi connectivity index (χ4n) is 2.36. The van der Waals surface area contributed by atoms with Gasteiger partial charge in [0.15, 0.2) is 11.6 Å². The Balaban J connectivity index is 2.93. The summed E-state index contributed by atoms with van der Waals surface area (Å²) in [4.78, 5) is 3.01. The summed E-state index contributed by atoms with van der Waals surface area (Å²) in [5.41, 5.74) is -3.83. The van der Waals surface area contributed by atoms with Crippen molar-refractivity contribution in [2.24, 2.45) is 0 Å². The van der Waals surface area contributed by atoms with Gasteiger partial charge in [-0.3, -0.25) is 0 Å². The molecule has 0 saturated carbocycles. The highest BCUT2D eigenvalue weighted by Crippen LogP contribution is 2.40. The van der Waals surface area contributed by atoms with E-state index in [1.54, 1.807) is 0 Å². The monoisotopic (exact) mass is 351 g/mol. The molecule has 0 aliphatic heterocycles. The largest absolute Gasteiger partial charge is 0.419 e. The molecule has 0 bridgehead atoms. The summed E-state index contributed by atoms with van der Waals surface area (Å²) < 4.78 is 94.3. The van der Waals surface area contributed by atoms with Crippen molar-refractivity contribution < 1.29 is 30.7 Å². The lowest BCUT2D eigenvalue weighted by atomic mass is 9.90. The molecule has 0 amide bonds. The van der Waals surface area contributed by atoms with Crippen LogP contribution in [0.25, 0.3) is 11.1 Å². The molecule has 130 valence electrons. The quantitative estimate of drug-likeness (QED) is 0.495. The fourth-order valence-corrected chi connectivity index (χ4v) is 2.36. The normalized spacial score (nSPS) is 12.1. The molecule has 0 radical (unpaired) electrons. The topological polar surface area (TPSA) is 12.9 Å². The smallest absolute Gasteiger partial charge is 0.219 e. The molecule has 0 saturated heterocycles. The summed E-state index contributed by atoms with van der Waals surface area (Å²) in [6, 6.07) is 0.862. The van der Waals surface area contributed by atoms with Gasteiger partial charge in [-0.2, -0.15) is 17.6 Å². The first kappa shape index (κ1) is 18.2. The highest BCUT2D eigenvalue weighted by molar-refractivity contribution is 5.70. The molecule has 1 heterocycles. The predicted molar refractivity (Wildman–Crippen MR) is 73.3 cm³/mol. The first-order chi connectivity index (χ1) is 10.9. The van der Waals surface area contributed by atoms with Gasteiger partial charge in [-0.05, 0) is 36.1 Å². The minimum absolute atomic E-state index is 0.0803. The Bertz CT molecular complexity index is 768. The van der Waals surface area contributed by atoms with E-state index in [0.29, 0.717) is 12.1 Å². The van der Waals surface area contributed by atoms with Gasteiger partial charge in [-0.15, -0.1) is 0 Å². The number of alkyl halides is 3. The summed E-state index contributed by atoms with van der Waals surface area (Å²) in [6.07, 6.45) is -5.07. The second kappa shape index (κ2) is 6.07. The van der Waals surface area contributed by atoms with Crippen molar-refractivity contribution in [3.63, 3.8) is 0 Å². The van der Waals surface area contributed by atoms with Crippen LogP contribution in [-0.2, 0) is 6.18 Å². The molecule has 0 unspecified atom stereocenters. The molecule has 0 fully saturated rings. The molecule has 0 spiro atoms. The van der Waals surface area contributed by atoms with Crippen LogP contribution in [0.1, 0.15) is 36.6 Å². The third-order valence-corrected chi connectivity index (χ3v) is 3.54. The summed E-state index contributed by atoms with van der Waals surface area (Å²) >= 11 is 0. The predicted octanol–water partition coefficient (Wildman–Crippen LogP) is 5.76. The van der Waals surface area contributed by atoms with Gasteiger partial charge >= 0.3 is 6.18 Å². The average molecular weight is 351 g/mol. The highest BCUT2D eigenvalue weighted by Gasteiger charge is 2.36. The molecule has 2 rings (SSSR count). The van der Waals surface area contributed by atoms with Crippen LogP contribution in [0.2, 0.25) is 0 Å². The summed E-state index contributed by atoms with van der Waals surface area (Å²) in [5.74, 6) is -6.79. The maximum Gasteiger partial charge on any atom is 0.419 e. The zero-order chi connectivity index (χ0) is 18.4. The van der Waals surface area contributed by atoms with Crippen LogP contribution < -0.4 is 0 Å². The Hall–Kier alpha value is -2.12. The van der Waals surface area contributed by atoms with Crippen molar-refractivity contribution in [1.29, 1.82) is 0 Å². The van der Waals surface area contributed by atoms with Crippen LogP contribution in [0, 0.1) is 30.3 Å². The third-order valence-electron chi connectivity index (χ3n) is 3.54. The van der Waals surface area contributed by atoms with E-state index >= 15 is 0 Å². The Morgan fingerprint density at radius 1 is 0.958 bits per heavy atom. The van der Waals surface area contributed by atoms with Gasteiger partial charge < -0.3 is 0 Å². The standard InChI is InChI=1S/C16H12F7N/c1-6(2)8-5-11(17)10(16(21,22)23)4-9(8)12-13(18)7(3)24-15(20)14(12)19/h4-6H,1-3H3. The van der Waals surface area contributed by atoms with Crippen LogP contribution >= 0.6 is 0 Å². The molecule has 8 heteroatoms. The van der Waals surface area contributed by atoms with E-state index in [1.165, 1.54) is 13.8 Å². The number of pyridine rings is 1. The summed E-state index contributed by atoms with van der Waals surface area (Å²) in [7, 11) is 0. The van der Waals surface area contributed by atoms with Crippen molar-refractivity contribution >= 4 is 0 Å². The minimum atomic E-state index is -5.07. The van der Waals surface area contributed by atoms with Gasteiger partial charge in [0.2, 0.25) is 5.95 Å². The first-order valence-corrected chi connectivity index (χ1v) is 6.87. The Morgan fingerprint density at radius 2 is 1.54 bits per heavy atom.